The van der Waals surface area contributed by atoms with Crippen molar-refractivity contribution in [3.63, 3.8) is 0 Å². The SMILES string of the molecule is CC#C[C@]1(O)CC[C@H]2[C@@H]3CCC4=CC(=O)CCC4=C3[C@@H](c3ccc(N(C)C)cc3)C[C@@]21C.Cc1nc2n(c(=O)c1CCN1CCC(c3noc4cc(F)ccc34)CC1)CCCC2.Nc1nc2c(ncn2COC(CO)CO)c(=O)[nH]1. The number of imidazole rings is 1. The Morgan fingerprint density at radius 2 is 1.76 bits per heavy atom. The van der Waals surface area contributed by atoms with Crippen LogP contribution in [-0.4, -0.2) is 119 Å². The summed E-state index contributed by atoms with van der Waals surface area (Å²) in [5, 5.41) is 34.6. The molecule has 6 aromatic rings. The summed E-state index contributed by atoms with van der Waals surface area (Å²) >= 11 is 0. The van der Waals surface area contributed by atoms with Crippen LogP contribution in [0.3, 0.4) is 0 Å². The molecule has 0 bridgehead atoms. The normalized spacial score (nSPS) is 23.7. The molecular weight excluding hydrogens is 1020 g/mol. The molecule has 80 heavy (non-hydrogen) atoms. The fourth-order valence-electron chi connectivity index (χ4n) is 13.7. The monoisotopic (exact) mass is 1090 g/mol. The van der Waals surface area contributed by atoms with Crippen LogP contribution in [0.5, 0.6) is 0 Å². The van der Waals surface area contributed by atoms with Gasteiger partial charge in [-0.3, -0.25) is 28.5 Å². The van der Waals surface area contributed by atoms with Gasteiger partial charge in [0.05, 0.1) is 25.2 Å². The Hall–Kier alpha value is -6.82. The first-order valence-corrected chi connectivity index (χ1v) is 28.3. The Bertz CT molecular complexity index is 3500. The number of fused-ring (bicyclic) bond motifs is 7. The highest BCUT2D eigenvalue weighted by Crippen LogP contribution is 2.66. The van der Waals surface area contributed by atoms with Crippen LogP contribution in [0.25, 0.3) is 22.1 Å². The molecule has 12 rings (SSSR count). The number of aliphatic hydroxyl groups is 3. The average molecular weight is 1100 g/mol. The molecule has 6 N–H and O–H groups in total. The molecule has 4 aliphatic carbocycles. The number of allylic oxidation sites excluding steroid dienone is 4. The van der Waals surface area contributed by atoms with Crippen molar-refractivity contribution in [2.45, 2.75) is 141 Å². The molecular formula is C61H75FN10O8. The predicted octanol–water partition coefficient (Wildman–Crippen LogP) is 7.03. The van der Waals surface area contributed by atoms with Gasteiger partial charge in [0.25, 0.3) is 11.1 Å². The lowest BCUT2D eigenvalue weighted by Gasteiger charge is -2.53. The zero-order chi connectivity index (χ0) is 56.5. The van der Waals surface area contributed by atoms with Crippen LogP contribution >= 0.6 is 0 Å². The van der Waals surface area contributed by atoms with Crippen LogP contribution in [0.4, 0.5) is 16.0 Å². The summed E-state index contributed by atoms with van der Waals surface area (Å²) < 4.78 is 27.3. The Morgan fingerprint density at radius 3 is 2.50 bits per heavy atom. The summed E-state index contributed by atoms with van der Waals surface area (Å²) in [5.74, 6) is 8.71. The lowest BCUT2D eigenvalue weighted by molar-refractivity contribution is -0.114. The number of aliphatic hydroxyl groups excluding tert-OH is 2. The average Bonchev–Trinajstić information content (AvgIpc) is 4.19. The van der Waals surface area contributed by atoms with Crippen molar-refractivity contribution in [3.05, 3.63) is 126 Å². The van der Waals surface area contributed by atoms with Gasteiger partial charge >= 0.3 is 0 Å². The number of H-pyrrole nitrogens is 1. The van der Waals surface area contributed by atoms with E-state index < -0.39 is 17.3 Å². The van der Waals surface area contributed by atoms with Crippen LogP contribution in [0, 0.1) is 41.8 Å². The van der Waals surface area contributed by atoms with Crippen molar-refractivity contribution in [1.82, 2.24) is 39.1 Å². The number of rotatable bonds is 11. The van der Waals surface area contributed by atoms with E-state index in [-0.39, 0.29) is 65.5 Å². The van der Waals surface area contributed by atoms with Crippen LogP contribution in [0.1, 0.15) is 125 Å². The number of ether oxygens (including phenoxy) is 1. The van der Waals surface area contributed by atoms with E-state index in [9.17, 15) is 23.9 Å². The molecule has 424 valence electrons. The summed E-state index contributed by atoms with van der Waals surface area (Å²) in [4.78, 5) is 56.0. The Kier molecular flexibility index (Phi) is 16.7. The van der Waals surface area contributed by atoms with E-state index in [4.69, 9.17) is 30.2 Å². The van der Waals surface area contributed by atoms with E-state index >= 15 is 0 Å². The van der Waals surface area contributed by atoms with Crippen molar-refractivity contribution >= 4 is 39.6 Å². The molecule has 18 nitrogen and oxygen atoms in total. The first-order valence-electron chi connectivity index (χ1n) is 28.3. The third kappa shape index (κ3) is 11.2. The number of hydrogen-bond acceptors (Lipinski definition) is 15. The summed E-state index contributed by atoms with van der Waals surface area (Å²) in [6.07, 6.45) is 14.7. The highest BCUT2D eigenvalue weighted by atomic mass is 19.1. The number of aryl methyl sites for hydroxylation is 2. The number of piperidine rings is 1. The Labute approximate surface area is 464 Å². The topological polar surface area (TPSA) is 244 Å². The van der Waals surface area contributed by atoms with Crippen molar-refractivity contribution in [2.75, 3.05) is 57.6 Å². The van der Waals surface area contributed by atoms with Gasteiger partial charge in [0.15, 0.2) is 22.5 Å². The Morgan fingerprint density at radius 1 is 0.988 bits per heavy atom. The van der Waals surface area contributed by atoms with Crippen LogP contribution < -0.4 is 21.8 Å². The van der Waals surface area contributed by atoms with Crippen molar-refractivity contribution in [1.29, 1.82) is 0 Å². The molecule has 1 saturated heterocycles. The maximum absolute atomic E-state index is 13.4. The van der Waals surface area contributed by atoms with Gasteiger partial charge < -0.3 is 40.1 Å². The number of aromatic amines is 1. The van der Waals surface area contributed by atoms with Gasteiger partial charge in [-0.2, -0.15) is 4.98 Å². The number of carbonyl (C=O) groups is 1. The second-order valence-corrected chi connectivity index (χ2v) is 23.0. The zero-order valence-electron chi connectivity index (χ0n) is 46.6. The molecule has 5 atom stereocenters. The van der Waals surface area contributed by atoms with E-state index in [1.165, 1.54) is 45.4 Å². The van der Waals surface area contributed by atoms with E-state index in [1.54, 1.807) is 11.6 Å². The maximum Gasteiger partial charge on any atom is 0.280 e. The minimum Gasteiger partial charge on any atom is -0.394 e. The number of ketones is 1. The molecule has 0 unspecified atom stereocenters. The van der Waals surface area contributed by atoms with Gasteiger partial charge in [0.2, 0.25) is 5.95 Å². The second kappa shape index (κ2) is 23.7. The molecule has 0 amide bonds. The smallest absolute Gasteiger partial charge is 0.280 e. The highest BCUT2D eigenvalue weighted by molar-refractivity contribution is 5.93. The molecule has 3 fully saturated rings. The van der Waals surface area contributed by atoms with Gasteiger partial charge in [-0.15, -0.1) is 5.92 Å². The van der Waals surface area contributed by atoms with Crippen LogP contribution in [-0.2, 0) is 35.6 Å². The predicted molar refractivity (Wildman–Crippen MR) is 303 cm³/mol. The fourth-order valence-corrected chi connectivity index (χ4v) is 13.7. The number of likely N-dealkylation sites (tertiary alicyclic amines) is 1. The number of carbonyl (C=O) groups excluding carboxylic acids is 1. The van der Waals surface area contributed by atoms with Crippen molar-refractivity contribution in [2.24, 2.45) is 17.3 Å². The molecule has 6 aliphatic rings. The molecule has 0 spiro atoms. The van der Waals surface area contributed by atoms with Gasteiger partial charge in [-0.1, -0.05) is 35.7 Å². The van der Waals surface area contributed by atoms with E-state index in [0.29, 0.717) is 29.8 Å². The first-order chi connectivity index (χ1) is 38.5. The molecule has 4 aromatic heterocycles. The van der Waals surface area contributed by atoms with E-state index in [1.807, 2.05) is 24.5 Å². The van der Waals surface area contributed by atoms with Crippen molar-refractivity contribution < 1.29 is 33.8 Å². The minimum atomic E-state index is -0.914. The number of nitrogens with one attached hydrogen (secondary N) is 1. The maximum atomic E-state index is 13.4. The lowest BCUT2D eigenvalue weighted by Crippen LogP contribution is -2.51. The summed E-state index contributed by atoms with van der Waals surface area (Å²) in [6, 6.07) is 13.6. The molecule has 2 saturated carbocycles. The molecule has 2 aliphatic heterocycles. The minimum absolute atomic E-state index is 0.00181. The highest BCUT2D eigenvalue weighted by Gasteiger charge is 2.62. The third-order valence-electron chi connectivity index (χ3n) is 18.1. The zero-order valence-corrected chi connectivity index (χ0v) is 46.6. The summed E-state index contributed by atoms with van der Waals surface area (Å²) in [5.41, 5.74) is 14.5. The molecule has 6 heterocycles. The van der Waals surface area contributed by atoms with E-state index in [0.717, 1.165) is 131 Å². The Balaban J connectivity index is 0.000000140. The number of nitrogens with two attached hydrogens (primary N) is 1. The molecule has 2 aromatic carbocycles. The van der Waals surface area contributed by atoms with Crippen molar-refractivity contribution in [3.8, 4) is 11.8 Å². The number of aromatic nitrogens is 7. The number of nitrogens with zero attached hydrogens (tertiary/aromatic N) is 8. The first kappa shape index (κ1) is 56.5. The fraction of sp³-hybridized carbons (Fsp3) is 0.525. The molecule has 0 radical (unpaired) electrons. The van der Waals surface area contributed by atoms with E-state index in [2.05, 4.69) is 87.0 Å². The number of benzene rings is 2. The number of halogens is 1. The number of hydrogen-bond donors (Lipinski definition) is 5. The van der Waals surface area contributed by atoms with Gasteiger partial charge in [-0.25, -0.2) is 14.4 Å². The van der Waals surface area contributed by atoms with Crippen LogP contribution in [0.15, 0.2) is 85.7 Å². The molecule has 19 heteroatoms. The van der Waals surface area contributed by atoms with Gasteiger partial charge in [0.1, 0.15) is 30.1 Å². The summed E-state index contributed by atoms with van der Waals surface area (Å²) in [6.45, 7) is 9.09. The number of anilines is 2. The number of nitrogen functional groups attached to an aromatic ring is 1. The second-order valence-electron chi connectivity index (χ2n) is 23.0. The summed E-state index contributed by atoms with van der Waals surface area (Å²) in [7, 11) is 4.14. The quantitative estimate of drug-likeness (QED) is 0.0819. The largest absolute Gasteiger partial charge is 0.394 e. The van der Waals surface area contributed by atoms with Gasteiger partial charge in [-0.05, 0) is 156 Å². The van der Waals surface area contributed by atoms with Crippen LogP contribution in [0.2, 0.25) is 0 Å². The lowest BCUT2D eigenvalue weighted by atomic mass is 9.51. The standard InChI is InChI=1S/C29H35NO2.C23H27FN4O2.C9H13N5O4/c1-5-15-29(32)16-14-26-24-12-8-20-17-22(31)11-13-23(20)27(24)25(18-28(26,29)2)19-6-9-21(10-7-19)30(3)4;1-15-18(23(29)28-10-3-2-4-21(28)25-15)9-13-27-11-7-16(8-12-27)22-19-6-5-17(24)14-20(19)30-26-22;10-9-12-7-6(8(17)13-9)11-3-14(7)4-18-5(1-15)2-16/h6-7,9-10,17,24-26,32H,8,11-14,16,18H2,1-4H3;5-6,14,16H,2-4,7-13H2,1H3;3,5,15-16H,1-2,4H2,(H3,10,12,13,17)/t24-,25+,26-,28-,29-;;/m0../s1. The third-order valence-corrected chi connectivity index (χ3v) is 18.1. The van der Waals surface area contributed by atoms with Gasteiger partial charge in [0, 0.05) is 85.7 Å².